The van der Waals surface area contributed by atoms with Crippen LogP contribution in [0.2, 0.25) is 0 Å². The van der Waals surface area contributed by atoms with E-state index in [0.29, 0.717) is 23.9 Å². The van der Waals surface area contributed by atoms with Gasteiger partial charge in [-0.2, -0.15) is 0 Å². The fourth-order valence-corrected chi connectivity index (χ4v) is 6.43. The van der Waals surface area contributed by atoms with Gasteiger partial charge in [0, 0.05) is 0 Å². The number of nitrogens with one attached hydrogen (secondary N) is 2. The Balaban J connectivity index is 1.49. The van der Waals surface area contributed by atoms with Gasteiger partial charge in [0.15, 0.2) is 5.13 Å². The highest BCUT2D eigenvalue weighted by atomic mass is 32.1. The van der Waals surface area contributed by atoms with Crippen LogP contribution in [0.15, 0.2) is 12.1 Å². The molecule has 8 heteroatoms. The first-order valence-corrected chi connectivity index (χ1v) is 11.1. The average molecular weight is 429 g/mol. The van der Waals surface area contributed by atoms with Crippen LogP contribution in [0.25, 0.3) is 10.2 Å². The van der Waals surface area contributed by atoms with E-state index in [0.717, 1.165) is 32.7 Å². The van der Waals surface area contributed by atoms with Crippen LogP contribution in [0.1, 0.15) is 51.2 Å². The molecule has 4 amide bonds. The second-order valence-electron chi connectivity index (χ2n) is 9.75. The summed E-state index contributed by atoms with van der Waals surface area (Å²) in [7, 11) is 0. The minimum atomic E-state index is -0.900. The lowest BCUT2D eigenvalue weighted by Gasteiger charge is -2.43. The number of aryl methyl sites for hydroxylation is 2. The molecule has 1 spiro atoms. The van der Waals surface area contributed by atoms with E-state index in [1.165, 1.54) is 11.3 Å². The lowest BCUT2D eigenvalue weighted by atomic mass is 9.64. The zero-order valence-electron chi connectivity index (χ0n) is 18.1. The van der Waals surface area contributed by atoms with Crippen molar-refractivity contribution in [2.24, 2.45) is 11.3 Å². The Hall–Kier alpha value is -2.48. The molecule has 2 N–H and O–H groups in total. The molecule has 1 saturated heterocycles. The Morgan fingerprint density at radius 2 is 2.03 bits per heavy atom. The Labute approximate surface area is 180 Å². The summed E-state index contributed by atoms with van der Waals surface area (Å²) >= 11 is 1.39. The van der Waals surface area contributed by atoms with Gasteiger partial charge < -0.3 is 10.6 Å². The number of urea groups is 1. The molecule has 1 aliphatic heterocycles. The predicted molar refractivity (Wildman–Crippen MR) is 117 cm³/mol. The number of fused-ring (bicyclic) bond motifs is 1. The molecule has 2 heterocycles. The zero-order valence-corrected chi connectivity index (χ0v) is 18.9. The highest BCUT2D eigenvalue weighted by Crippen LogP contribution is 2.46. The van der Waals surface area contributed by atoms with Gasteiger partial charge in [-0.05, 0) is 61.6 Å². The maximum Gasteiger partial charge on any atom is 0.325 e. The van der Waals surface area contributed by atoms with Crippen molar-refractivity contribution >= 4 is 44.5 Å². The smallest absolute Gasteiger partial charge is 0.323 e. The number of rotatable bonds is 3. The number of hydrogen-bond acceptors (Lipinski definition) is 5. The molecule has 2 aromatic rings. The van der Waals surface area contributed by atoms with E-state index in [1.807, 2.05) is 26.0 Å². The number of nitrogens with zero attached hydrogens (tertiary/aromatic N) is 2. The number of anilines is 1. The minimum Gasteiger partial charge on any atom is -0.323 e. The topological polar surface area (TPSA) is 91.4 Å². The van der Waals surface area contributed by atoms with Crippen molar-refractivity contribution in [3.05, 3.63) is 23.3 Å². The molecule has 2 fully saturated rings. The SMILES string of the molecule is Cc1cc(C)c2nc(NC(=O)CN3C(=O)NC4(CC(C)CC(C)(C)C4)C3=O)sc2c1. The van der Waals surface area contributed by atoms with Crippen molar-refractivity contribution in [2.75, 3.05) is 11.9 Å². The molecule has 2 unspecified atom stereocenters. The van der Waals surface area contributed by atoms with E-state index in [2.05, 4.69) is 36.4 Å². The van der Waals surface area contributed by atoms with E-state index in [-0.39, 0.29) is 17.9 Å². The summed E-state index contributed by atoms with van der Waals surface area (Å²) < 4.78 is 0.996. The van der Waals surface area contributed by atoms with Gasteiger partial charge in [0.25, 0.3) is 5.91 Å². The second-order valence-corrected chi connectivity index (χ2v) is 10.8. The Bertz CT molecular complexity index is 1060. The minimum absolute atomic E-state index is 0.0458. The summed E-state index contributed by atoms with van der Waals surface area (Å²) in [6.07, 6.45) is 2.20. The number of carbonyl (C=O) groups is 3. The van der Waals surface area contributed by atoms with E-state index in [1.54, 1.807) is 0 Å². The molecule has 0 bridgehead atoms. The van der Waals surface area contributed by atoms with Crippen LogP contribution in [0.4, 0.5) is 9.93 Å². The van der Waals surface area contributed by atoms with E-state index >= 15 is 0 Å². The number of aromatic nitrogens is 1. The predicted octanol–water partition coefficient (Wildman–Crippen LogP) is 3.99. The number of thiazole rings is 1. The van der Waals surface area contributed by atoms with Gasteiger partial charge in [-0.1, -0.05) is 38.2 Å². The van der Waals surface area contributed by atoms with Crippen molar-refractivity contribution in [1.29, 1.82) is 0 Å². The van der Waals surface area contributed by atoms with Crippen LogP contribution < -0.4 is 10.6 Å². The van der Waals surface area contributed by atoms with Crippen LogP contribution in [0.3, 0.4) is 0 Å². The summed E-state index contributed by atoms with van der Waals surface area (Å²) in [4.78, 5) is 44.0. The van der Waals surface area contributed by atoms with Crippen molar-refractivity contribution in [2.45, 2.75) is 59.4 Å². The molecule has 7 nitrogen and oxygen atoms in total. The highest BCUT2D eigenvalue weighted by Gasteiger charge is 2.56. The fourth-order valence-electron chi connectivity index (χ4n) is 5.38. The molecule has 1 aromatic carbocycles. The summed E-state index contributed by atoms with van der Waals surface area (Å²) in [5, 5.41) is 6.13. The van der Waals surface area contributed by atoms with Crippen molar-refractivity contribution in [3.8, 4) is 0 Å². The molecular weight excluding hydrogens is 400 g/mol. The summed E-state index contributed by atoms with van der Waals surface area (Å²) in [5.41, 5.74) is 2.09. The van der Waals surface area contributed by atoms with Crippen LogP contribution in [-0.4, -0.2) is 39.8 Å². The molecule has 160 valence electrons. The number of amides is 4. The van der Waals surface area contributed by atoms with E-state index < -0.39 is 17.5 Å². The standard InChI is InChI=1S/C22H28N4O3S/c1-12-6-14(3)17-15(7-12)30-19(24-17)23-16(27)10-26-18(28)22(25-20(26)29)9-13(2)8-21(4,5)11-22/h6-7,13H,8-11H2,1-5H3,(H,25,29)(H,23,24,27). The van der Waals surface area contributed by atoms with Gasteiger partial charge in [-0.15, -0.1) is 0 Å². The maximum atomic E-state index is 13.2. The molecule has 1 saturated carbocycles. The van der Waals surface area contributed by atoms with Gasteiger partial charge in [0.05, 0.1) is 10.2 Å². The first-order chi connectivity index (χ1) is 14.0. The third-order valence-corrected chi connectivity index (χ3v) is 6.92. The molecule has 1 aliphatic carbocycles. The molecule has 4 rings (SSSR count). The highest BCUT2D eigenvalue weighted by molar-refractivity contribution is 7.22. The van der Waals surface area contributed by atoms with Crippen LogP contribution in [0, 0.1) is 25.2 Å². The number of carbonyl (C=O) groups excluding carboxylic acids is 3. The van der Waals surface area contributed by atoms with Crippen LogP contribution in [-0.2, 0) is 9.59 Å². The van der Waals surface area contributed by atoms with Gasteiger partial charge in [0.2, 0.25) is 5.91 Å². The number of imide groups is 1. The first-order valence-electron chi connectivity index (χ1n) is 10.3. The third-order valence-electron chi connectivity index (χ3n) is 6.00. The monoisotopic (exact) mass is 428 g/mol. The van der Waals surface area contributed by atoms with Crippen molar-refractivity contribution in [3.63, 3.8) is 0 Å². The van der Waals surface area contributed by atoms with E-state index in [9.17, 15) is 14.4 Å². The number of hydrogen-bond donors (Lipinski definition) is 2. The molecule has 2 atom stereocenters. The summed E-state index contributed by atoms with van der Waals surface area (Å²) in [6, 6.07) is 3.59. The number of benzene rings is 1. The second kappa shape index (κ2) is 7.04. The summed E-state index contributed by atoms with van der Waals surface area (Å²) in [6.45, 7) is 10.0. The average Bonchev–Trinajstić information content (AvgIpc) is 3.07. The Morgan fingerprint density at radius 1 is 1.30 bits per heavy atom. The largest absolute Gasteiger partial charge is 0.325 e. The van der Waals surface area contributed by atoms with Crippen LogP contribution in [0.5, 0.6) is 0 Å². The van der Waals surface area contributed by atoms with Gasteiger partial charge >= 0.3 is 6.03 Å². The van der Waals surface area contributed by atoms with E-state index in [4.69, 9.17) is 0 Å². The molecule has 0 radical (unpaired) electrons. The Kier molecular flexibility index (Phi) is 4.88. The van der Waals surface area contributed by atoms with Gasteiger partial charge in [0.1, 0.15) is 12.1 Å². The van der Waals surface area contributed by atoms with Crippen LogP contribution >= 0.6 is 11.3 Å². The quantitative estimate of drug-likeness (QED) is 0.723. The lowest BCUT2D eigenvalue weighted by molar-refractivity contribution is -0.136. The van der Waals surface area contributed by atoms with Crippen molar-refractivity contribution in [1.82, 2.24) is 15.2 Å². The molecule has 30 heavy (non-hydrogen) atoms. The maximum absolute atomic E-state index is 13.2. The fraction of sp³-hybridized carbons (Fsp3) is 0.545. The molecule has 1 aromatic heterocycles. The summed E-state index contributed by atoms with van der Waals surface area (Å²) in [5.74, 6) is -0.397. The normalized spacial score (nSPS) is 25.8. The first kappa shape index (κ1) is 20.8. The lowest BCUT2D eigenvalue weighted by Crippen LogP contribution is -2.54. The van der Waals surface area contributed by atoms with Crippen molar-refractivity contribution < 1.29 is 14.4 Å². The molecular formula is C22H28N4O3S. The third kappa shape index (κ3) is 3.69. The van der Waals surface area contributed by atoms with Gasteiger partial charge in [-0.25, -0.2) is 9.78 Å². The van der Waals surface area contributed by atoms with Gasteiger partial charge in [-0.3, -0.25) is 14.5 Å². The molecule has 2 aliphatic rings. The Morgan fingerprint density at radius 3 is 2.73 bits per heavy atom. The zero-order chi connectivity index (χ0) is 21.8.